The predicted molar refractivity (Wildman–Crippen MR) is 145 cm³/mol. The Labute approximate surface area is 231 Å². The molecule has 0 aliphatic carbocycles. The molecule has 3 aliphatic heterocycles. The van der Waals surface area contributed by atoms with E-state index in [-0.39, 0.29) is 30.3 Å². The van der Waals surface area contributed by atoms with Crippen LogP contribution in [-0.2, 0) is 19.6 Å². The molecule has 3 aliphatic rings. The highest BCUT2D eigenvalue weighted by molar-refractivity contribution is 7.92. The number of thiophene rings is 1. The molecular formula is C24H34ClN5O6S2. The van der Waals surface area contributed by atoms with E-state index in [1.807, 2.05) is 4.90 Å². The van der Waals surface area contributed by atoms with Gasteiger partial charge in [-0.25, -0.2) is 13.2 Å². The molecule has 2 unspecified atom stereocenters. The third-order valence-electron chi connectivity index (χ3n) is 7.25. The number of likely N-dealkylation sites (tertiary alicyclic amines) is 3. The molecule has 1 aromatic heterocycles. The monoisotopic (exact) mass is 587 g/mol. The molecule has 4 rings (SSSR count). The van der Waals surface area contributed by atoms with Gasteiger partial charge in [0.2, 0.25) is 21.8 Å². The lowest BCUT2D eigenvalue weighted by Crippen LogP contribution is -2.55. The van der Waals surface area contributed by atoms with E-state index in [4.69, 9.17) is 16.7 Å². The van der Waals surface area contributed by atoms with Gasteiger partial charge in [0.1, 0.15) is 6.04 Å². The van der Waals surface area contributed by atoms with Crippen molar-refractivity contribution in [3.63, 3.8) is 0 Å². The molecule has 3 atom stereocenters. The van der Waals surface area contributed by atoms with Crippen molar-refractivity contribution < 1.29 is 27.9 Å². The van der Waals surface area contributed by atoms with Gasteiger partial charge < -0.3 is 25.1 Å². The lowest BCUT2D eigenvalue weighted by molar-refractivity contribution is -0.143. The molecule has 0 saturated carbocycles. The minimum Gasteiger partial charge on any atom is -0.465 e. The van der Waals surface area contributed by atoms with Crippen LogP contribution in [0.15, 0.2) is 17.5 Å². The SMILES string of the molecule is O=C(O)NCC1CCN(CC2CCCN2C(=O)CN2CCC[C@H](NS(=O)(=O)/C=C/c3ccc(Cl)s3)C2=O)C1. The molecule has 3 amide bonds. The van der Waals surface area contributed by atoms with Crippen LogP contribution in [0.25, 0.3) is 6.08 Å². The maximum Gasteiger partial charge on any atom is 0.404 e. The highest BCUT2D eigenvalue weighted by Crippen LogP contribution is 2.24. The van der Waals surface area contributed by atoms with Crippen LogP contribution in [0.4, 0.5) is 4.79 Å². The Hall–Kier alpha value is -2.19. The van der Waals surface area contributed by atoms with Crippen LogP contribution in [-0.4, -0.2) is 104 Å². The van der Waals surface area contributed by atoms with Crippen LogP contribution in [0.1, 0.15) is 37.0 Å². The average molecular weight is 588 g/mol. The molecule has 0 bridgehead atoms. The second kappa shape index (κ2) is 12.8. The van der Waals surface area contributed by atoms with Gasteiger partial charge in [0.05, 0.1) is 10.9 Å². The molecule has 1 aromatic rings. The smallest absolute Gasteiger partial charge is 0.404 e. The normalized spacial score (nSPS) is 25.0. The van der Waals surface area contributed by atoms with E-state index < -0.39 is 22.2 Å². The highest BCUT2D eigenvalue weighted by Gasteiger charge is 2.36. The maximum absolute atomic E-state index is 13.2. The summed E-state index contributed by atoms with van der Waals surface area (Å²) in [4.78, 5) is 43.3. The summed E-state index contributed by atoms with van der Waals surface area (Å²) in [6, 6.07) is 2.54. The van der Waals surface area contributed by atoms with Gasteiger partial charge in [0, 0.05) is 49.1 Å². The summed E-state index contributed by atoms with van der Waals surface area (Å²) in [6.07, 6.45) is 4.09. The number of nitrogens with zero attached hydrogens (tertiary/aromatic N) is 3. The fraction of sp³-hybridized carbons (Fsp3) is 0.625. The third-order valence-corrected chi connectivity index (χ3v) is 9.55. The standard InChI is InChI=1S/C24H34ClN5O6S2/c25-21-6-5-19(37-21)8-12-38(35,36)27-20-4-2-9-29(23(20)32)16-22(31)30-10-1-3-18(30)15-28-11-7-17(14-28)13-26-24(33)34/h5-6,8,12,17-18,20,26-27H,1-4,7,9-11,13-16H2,(H,33,34)/b12-8+/t17?,18?,20-/m0/s1. The van der Waals surface area contributed by atoms with Gasteiger partial charge in [0.15, 0.2) is 0 Å². The van der Waals surface area contributed by atoms with Crippen molar-refractivity contribution in [1.29, 1.82) is 0 Å². The Balaban J connectivity index is 1.28. The van der Waals surface area contributed by atoms with E-state index in [0.717, 1.165) is 44.3 Å². The number of rotatable bonds is 10. The summed E-state index contributed by atoms with van der Waals surface area (Å²) >= 11 is 7.13. The van der Waals surface area contributed by atoms with Crippen LogP contribution in [0, 0.1) is 5.92 Å². The number of hydrogen-bond donors (Lipinski definition) is 3. The van der Waals surface area contributed by atoms with Gasteiger partial charge in [0.25, 0.3) is 0 Å². The third kappa shape index (κ3) is 7.92. The van der Waals surface area contributed by atoms with Crippen molar-refractivity contribution in [2.45, 2.75) is 44.2 Å². The molecular weight excluding hydrogens is 554 g/mol. The quantitative estimate of drug-likeness (QED) is 0.380. The number of carboxylic acid groups (broad SMARTS) is 1. The van der Waals surface area contributed by atoms with Gasteiger partial charge in [-0.05, 0) is 62.8 Å². The lowest BCUT2D eigenvalue weighted by atomic mass is 10.1. The molecule has 4 heterocycles. The summed E-state index contributed by atoms with van der Waals surface area (Å²) in [6.45, 7) is 3.80. The zero-order valence-corrected chi connectivity index (χ0v) is 23.4. The van der Waals surface area contributed by atoms with E-state index in [1.54, 1.807) is 12.1 Å². The Morgan fingerprint density at radius 3 is 2.68 bits per heavy atom. The first-order valence-electron chi connectivity index (χ1n) is 12.8. The van der Waals surface area contributed by atoms with Crippen molar-refractivity contribution >= 4 is 56.9 Å². The first kappa shape index (κ1) is 28.8. The van der Waals surface area contributed by atoms with Gasteiger partial charge >= 0.3 is 6.09 Å². The van der Waals surface area contributed by atoms with Crippen LogP contribution in [0.2, 0.25) is 4.34 Å². The second-order valence-corrected chi connectivity index (χ2v) is 13.4. The van der Waals surface area contributed by atoms with Gasteiger partial charge in [-0.2, -0.15) is 4.72 Å². The van der Waals surface area contributed by atoms with Gasteiger partial charge in [-0.15, -0.1) is 11.3 Å². The van der Waals surface area contributed by atoms with Gasteiger partial charge in [-0.3, -0.25) is 9.59 Å². The summed E-state index contributed by atoms with van der Waals surface area (Å²) in [7, 11) is -3.86. The van der Waals surface area contributed by atoms with Crippen molar-refractivity contribution in [2.24, 2.45) is 5.92 Å². The first-order valence-corrected chi connectivity index (χ1v) is 15.6. The molecule has 0 radical (unpaired) electrons. The number of halogens is 1. The molecule has 0 spiro atoms. The number of nitrogens with one attached hydrogen (secondary N) is 2. The Kier molecular flexibility index (Phi) is 9.69. The summed E-state index contributed by atoms with van der Waals surface area (Å²) in [5.41, 5.74) is 0. The van der Waals surface area contributed by atoms with Crippen molar-refractivity contribution in [3.8, 4) is 0 Å². The molecule has 3 fully saturated rings. The van der Waals surface area contributed by atoms with Crippen molar-refractivity contribution in [1.82, 2.24) is 24.7 Å². The largest absolute Gasteiger partial charge is 0.465 e. The van der Waals surface area contributed by atoms with Crippen LogP contribution in [0.5, 0.6) is 0 Å². The minimum absolute atomic E-state index is 0.0544. The maximum atomic E-state index is 13.2. The zero-order chi connectivity index (χ0) is 27.3. The van der Waals surface area contributed by atoms with E-state index >= 15 is 0 Å². The lowest BCUT2D eigenvalue weighted by Gasteiger charge is -2.34. The van der Waals surface area contributed by atoms with E-state index in [1.165, 1.54) is 22.3 Å². The number of carbonyl (C=O) groups is 3. The predicted octanol–water partition coefficient (Wildman–Crippen LogP) is 1.86. The van der Waals surface area contributed by atoms with Crippen molar-refractivity contribution in [2.75, 3.05) is 45.8 Å². The number of hydrogen-bond acceptors (Lipinski definition) is 7. The van der Waals surface area contributed by atoms with Crippen molar-refractivity contribution in [3.05, 3.63) is 26.8 Å². The van der Waals surface area contributed by atoms with Gasteiger partial charge in [-0.1, -0.05) is 11.6 Å². The summed E-state index contributed by atoms with van der Waals surface area (Å²) < 4.78 is 28.1. The molecule has 11 nitrogen and oxygen atoms in total. The molecule has 14 heteroatoms. The molecule has 0 aromatic carbocycles. The van der Waals surface area contributed by atoms with E-state index in [9.17, 15) is 22.8 Å². The summed E-state index contributed by atoms with van der Waals surface area (Å²) in [5.74, 6) is -0.242. The highest BCUT2D eigenvalue weighted by atomic mass is 35.5. The Bertz CT molecular complexity index is 1160. The average Bonchev–Trinajstić information content (AvgIpc) is 3.61. The molecule has 38 heavy (non-hydrogen) atoms. The molecule has 3 N–H and O–H groups in total. The second-order valence-electron chi connectivity index (χ2n) is 10.0. The summed E-state index contributed by atoms with van der Waals surface area (Å²) in [5, 5.41) is 12.3. The molecule has 210 valence electrons. The van der Waals surface area contributed by atoms with Crippen LogP contribution < -0.4 is 10.0 Å². The number of piperidine rings is 1. The fourth-order valence-corrected chi connectivity index (χ4v) is 7.47. The van der Waals surface area contributed by atoms with E-state index in [2.05, 4.69) is 14.9 Å². The van der Waals surface area contributed by atoms with Crippen LogP contribution >= 0.6 is 22.9 Å². The number of amides is 3. The topological polar surface area (TPSA) is 139 Å². The zero-order valence-electron chi connectivity index (χ0n) is 21.1. The Morgan fingerprint density at radius 2 is 1.95 bits per heavy atom. The van der Waals surface area contributed by atoms with Crippen LogP contribution in [0.3, 0.4) is 0 Å². The van der Waals surface area contributed by atoms with E-state index in [0.29, 0.717) is 41.7 Å². The number of sulfonamides is 1. The number of carbonyl (C=O) groups excluding carboxylic acids is 2. The minimum atomic E-state index is -3.86. The Morgan fingerprint density at radius 1 is 1.16 bits per heavy atom. The molecule has 3 saturated heterocycles. The fourth-order valence-electron chi connectivity index (χ4n) is 5.40. The first-order chi connectivity index (χ1) is 18.1.